The fourth-order valence-electron chi connectivity index (χ4n) is 2.89. The average molecular weight is 556 g/mol. The third-order valence-corrected chi connectivity index (χ3v) is 6.95. The Morgan fingerprint density at radius 1 is 0.706 bits per heavy atom. The van der Waals surface area contributed by atoms with E-state index in [-0.39, 0.29) is 19.6 Å². The van der Waals surface area contributed by atoms with Crippen molar-refractivity contribution in [2.75, 3.05) is 13.2 Å². The van der Waals surface area contributed by atoms with Gasteiger partial charge in [-0.25, -0.2) is 8.42 Å². The quantitative estimate of drug-likeness (QED) is 0.371. The molecule has 0 aliphatic heterocycles. The van der Waals surface area contributed by atoms with Crippen LogP contribution < -0.4 is 0 Å². The van der Waals surface area contributed by atoms with E-state index in [1.54, 1.807) is 6.07 Å². The highest BCUT2D eigenvalue weighted by molar-refractivity contribution is 7.92. The van der Waals surface area contributed by atoms with Gasteiger partial charge < -0.3 is 10.2 Å². The van der Waals surface area contributed by atoms with Gasteiger partial charge in [0, 0.05) is 23.3 Å². The van der Waals surface area contributed by atoms with E-state index in [0.29, 0.717) is 22.0 Å². The molecule has 0 aliphatic carbocycles. The summed E-state index contributed by atoms with van der Waals surface area (Å²) in [6.45, 7) is -0.0377. The number of hydrogen-bond acceptors (Lipinski definition) is 4. The zero-order valence-corrected chi connectivity index (χ0v) is 20.6. The summed E-state index contributed by atoms with van der Waals surface area (Å²) in [5, 5.41) is 18.2. The van der Waals surface area contributed by atoms with Crippen molar-refractivity contribution in [1.29, 1.82) is 0 Å². The third kappa shape index (κ3) is 7.60. The molecule has 0 heterocycles. The molecule has 4 nitrogen and oxygen atoms in total. The van der Waals surface area contributed by atoms with Crippen molar-refractivity contribution in [2.24, 2.45) is 0 Å². The number of hydrogen-bond donors (Lipinski definition) is 2. The molecule has 2 N–H and O–H groups in total. The number of halogens is 6. The van der Waals surface area contributed by atoms with Crippen LogP contribution in [0.5, 0.6) is 0 Å². The molecule has 0 aliphatic rings. The molecule has 0 radical (unpaired) electrons. The molecule has 184 valence electrons. The van der Waals surface area contributed by atoms with Crippen LogP contribution in [0.3, 0.4) is 0 Å². The van der Waals surface area contributed by atoms with Crippen molar-refractivity contribution in [1.82, 2.24) is 0 Å². The topological polar surface area (TPSA) is 74.6 Å². The summed E-state index contributed by atoms with van der Waals surface area (Å²) in [5.41, 5.74) is -1.74. The summed E-state index contributed by atoms with van der Waals surface area (Å²) in [6.07, 6.45) is 0.864. The van der Waals surface area contributed by atoms with E-state index in [1.165, 1.54) is 6.07 Å². The first-order valence-electron chi connectivity index (χ1n) is 9.76. The van der Waals surface area contributed by atoms with Crippen LogP contribution in [-0.4, -0.2) is 37.4 Å². The zero-order chi connectivity index (χ0) is 25.5. The van der Waals surface area contributed by atoms with E-state index in [0.717, 1.165) is 28.8 Å². The number of aliphatic hydroxyl groups excluding tert-OH is 2. The van der Waals surface area contributed by atoms with Gasteiger partial charge in [-0.2, -0.15) is 13.2 Å². The van der Waals surface area contributed by atoms with Crippen LogP contribution in [0, 0.1) is 0 Å². The lowest BCUT2D eigenvalue weighted by Crippen LogP contribution is -2.23. The molecule has 0 amide bonds. The lowest BCUT2D eigenvalue weighted by atomic mass is 10.0. The molecule has 0 spiro atoms. The molecule has 3 rings (SSSR count). The first-order valence-corrected chi connectivity index (χ1v) is 12.4. The molecule has 3 aromatic rings. The Morgan fingerprint density at radius 3 is 1.68 bits per heavy atom. The highest BCUT2D eigenvalue weighted by Crippen LogP contribution is 2.34. The minimum Gasteiger partial charge on any atom is -0.396 e. The van der Waals surface area contributed by atoms with E-state index in [1.807, 2.05) is 36.4 Å². The number of sulfone groups is 1. The fourth-order valence-corrected chi connectivity index (χ4v) is 4.73. The molecular weight excluding hydrogens is 536 g/mol. The maximum Gasteiger partial charge on any atom is 0.501 e. The highest BCUT2D eigenvalue weighted by Gasteiger charge is 2.47. The summed E-state index contributed by atoms with van der Waals surface area (Å²) >= 11 is 17.4. The fraction of sp³-hybridized carbons (Fsp3) is 0.217. The summed E-state index contributed by atoms with van der Waals surface area (Å²) < 4.78 is 59.0. The van der Waals surface area contributed by atoms with Crippen molar-refractivity contribution in [2.45, 2.75) is 23.2 Å². The Labute approximate surface area is 210 Å². The molecule has 0 fully saturated rings. The predicted octanol–water partition coefficient (Wildman–Crippen LogP) is 6.36. The Hall–Kier alpha value is -1.81. The van der Waals surface area contributed by atoms with Crippen LogP contribution in [0.4, 0.5) is 13.2 Å². The first kappa shape index (κ1) is 28.4. The van der Waals surface area contributed by atoms with Gasteiger partial charge in [0.05, 0.1) is 9.92 Å². The van der Waals surface area contributed by atoms with Crippen LogP contribution in [0.2, 0.25) is 15.1 Å². The van der Waals surface area contributed by atoms with Gasteiger partial charge in [0.1, 0.15) is 0 Å². The summed E-state index contributed by atoms with van der Waals surface area (Å²) in [4.78, 5) is -0.978. The van der Waals surface area contributed by atoms with Crippen LogP contribution in [0.1, 0.15) is 11.1 Å². The Morgan fingerprint density at radius 2 is 1.21 bits per heavy atom. The lowest BCUT2D eigenvalue weighted by molar-refractivity contribution is -0.0436. The second kappa shape index (κ2) is 12.2. The monoisotopic (exact) mass is 554 g/mol. The normalized spacial score (nSPS) is 11.6. The van der Waals surface area contributed by atoms with Crippen molar-refractivity contribution >= 4 is 44.6 Å². The van der Waals surface area contributed by atoms with Gasteiger partial charge in [-0.15, -0.1) is 0 Å². The SMILES string of the molecule is O=S(=O)(c1ccc(CCO)cc1Cl)C(F)(F)F.OCCc1ccc(-c2cc(Cl)cc(Cl)c2)cc1. The molecule has 0 saturated heterocycles. The van der Waals surface area contributed by atoms with Crippen molar-refractivity contribution in [3.63, 3.8) is 0 Å². The molecule has 0 atom stereocenters. The molecule has 0 aromatic heterocycles. The van der Waals surface area contributed by atoms with Gasteiger partial charge in [-0.05, 0) is 65.4 Å². The second-order valence-corrected chi connectivity index (χ2v) is 10.2. The molecule has 0 unspecified atom stereocenters. The Kier molecular flexibility index (Phi) is 10.2. The average Bonchev–Trinajstić information content (AvgIpc) is 2.74. The van der Waals surface area contributed by atoms with Crippen LogP contribution in [0.15, 0.2) is 65.6 Å². The summed E-state index contributed by atoms with van der Waals surface area (Å²) in [6, 6.07) is 16.6. The molecule has 34 heavy (non-hydrogen) atoms. The van der Waals surface area contributed by atoms with E-state index in [2.05, 4.69) is 0 Å². The minimum atomic E-state index is -5.43. The van der Waals surface area contributed by atoms with E-state index in [4.69, 9.17) is 45.0 Å². The molecule has 11 heteroatoms. The summed E-state index contributed by atoms with van der Waals surface area (Å²) in [7, 11) is -5.43. The maximum atomic E-state index is 12.3. The number of benzene rings is 3. The molecular formula is C23H20Cl3F3O4S. The third-order valence-electron chi connectivity index (χ3n) is 4.54. The first-order chi connectivity index (χ1) is 15.9. The van der Waals surface area contributed by atoms with E-state index < -0.39 is 25.3 Å². The second-order valence-electron chi connectivity index (χ2n) is 7.02. The van der Waals surface area contributed by atoms with Crippen LogP contribution >= 0.6 is 34.8 Å². The molecule has 3 aromatic carbocycles. The maximum absolute atomic E-state index is 12.3. The number of aliphatic hydroxyl groups is 2. The van der Waals surface area contributed by atoms with Crippen LogP contribution in [0.25, 0.3) is 11.1 Å². The summed E-state index contributed by atoms with van der Waals surface area (Å²) in [5.74, 6) is 0. The zero-order valence-electron chi connectivity index (χ0n) is 17.5. The van der Waals surface area contributed by atoms with Gasteiger partial charge in [-0.3, -0.25) is 0 Å². The van der Waals surface area contributed by atoms with Crippen molar-refractivity contribution in [3.8, 4) is 11.1 Å². The largest absolute Gasteiger partial charge is 0.501 e. The van der Waals surface area contributed by atoms with Gasteiger partial charge in [0.2, 0.25) is 0 Å². The highest BCUT2D eigenvalue weighted by atomic mass is 35.5. The van der Waals surface area contributed by atoms with Gasteiger partial charge >= 0.3 is 5.51 Å². The van der Waals surface area contributed by atoms with Gasteiger partial charge in [0.15, 0.2) is 0 Å². The van der Waals surface area contributed by atoms with E-state index in [9.17, 15) is 21.6 Å². The van der Waals surface area contributed by atoms with Gasteiger partial charge in [-0.1, -0.05) is 65.1 Å². The number of alkyl halides is 3. The Bertz CT molecular complexity index is 1190. The van der Waals surface area contributed by atoms with Crippen LogP contribution in [-0.2, 0) is 22.7 Å². The van der Waals surface area contributed by atoms with E-state index >= 15 is 0 Å². The van der Waals surface area contributed by atoms with Crippen molar-refractivity contribution < 1.29 is 31.8 Å². The lowest BCUT2D eigenvalue weighted by Gasteiger charge is -2.10. The molecule has 0 saturated carbocycles. The number of rotatable bonds is 6. The standard InChI is InChI=1S/C14H12Cl2O.C9H8ClF3O3S/c15-13-7-12(8-14(16)9-13)11-3-1-10(2-4-11)5-6-17;10-7-5-6(3-4-14)1-2-8(7)17(15,16)9(11,12)13/h1-4,7-9,17H,5-6H2;1-2,5,14H,3-4H2. The van der Waals surface area contributed by atoms with Crippen molar-refractivity contribution in [3.05, 3.63) is 86.9 Å². The molecule has 0 bridgehead atoms. The minimum absolute atomic E-state index is 0.169. The van der Waals surface area contributed by atoms with Gasteiger partial charge in [0.25, 0.3) is 9.84 Å². The predicted molar refractivity (Wildman–Crippen MR) is 128 cm³/mol. The smallest absolute Gasteiger partial charge is 0.396 e. The Balaban J connectivity index is 0.000000240.